The number of ether oxygens (including phenoxy) is 1. The van der Waals surface area contributed by atoms with Gasteiger partial charge in [0.2, 0.25) is 0 Å². The van der Waals surface area contributed by atoms with Gasteiger partial charge in [-0.25, -0.2) is 4.68 Å². The Morgan fingerprint density at radius 1 is 1.10 bits per heavy atom. The Balaban J connectivity index is 1.86. The summed E-state index contributed by atoms with van der Waals surface area (Å²) in [5.74, 6) is -0.200. The highest BCUT2D eigenvalue weighted by Gasteiger charge is 2.42. The molecule has 1 N–H and O–H groups in total. The summed E-state index contributed by atoms with van der Waals surface area (Å²) in [6.07, 6.45) is 1.59. The van der Waals surface area contributed by atoms with E-state index in [4.69, 9.17) is 9.84 Å². The van der Waals surface area contributed by atoms with E-state index < -0.39 is 5.60 Å². The normalized spacial score (nSPS) is 15.6. The Kier molecular flexibility index (Phi) is 5.74. The molecule has 1 fully saturated rings. The molecule has 160 valence electrons. The molecule has 4 rings (SSSR count). The Bertz CT molecular complexity index is 1090. The van der Waals surface area contributed by atoms with Crippen molar-refractivity contribution in [2.75, 3.05) is 0 Å². The van der Waals surface area contributed by atoms with E-state index in [9.17, 15) is 14.7 Å². The van der Waals surface area contributed by atoms with Gasteiger partial charge in [-0.15, -0.1) is 0 Å². The first-order valence-electron chi connectivity index (χ1n) is 10.5. The first-order chi connectivity index (χ1) is 14.9. The maximum atomic E-state index is 11.9. The van der Waals surface area contributed by atoms with Gasteiger partial charge in [0.15, 0.2) is 5.60 Å². The van der Waals surface area contributed by atoms with Crippen LogP contribution in [0, 0.1) is 6.92 Å². The van der Waals surface area contributed by atoms with E-state index in [1.54, 1.807) is 0 Å². The third-order valence-electron chi connectivity index (χ3n) is 5.84. The number of hydrogen-bond donors (Lipinski definition) is 1. The lowest BCUT2D eigenvalue weighted by Crippen LogP contribution is -2.37. The number of carbonyl (C=O) groups is 2. The molecular weight excluding hydrogens is 392 g/mol. The number of aliphatic hydroxyl groups is 1. The van der Waals surface area contributed by atoms with Crippen LogP contribution in [0.15, 0.2) is 54.6 Å². The fourth-order valence-electron chi connectivity index (χ4n) is 4.09. The summed E-state index contributed by atoms with van der Waals surface area (Å²) >= 11 is 0. The van der Waals surface area contributed by atoms with Gasteiger partial charge in [-0.05, 0) is 43.5 Å². The second-order valence-electron chi connectivity index (χ2n) is 8.14. The number of ketones is 1. The van der Waals surface area contributed by atoms with Gasteiger partial charge in [0, 0.05) is 25.3 Å². The van der Waals surface area contributed by atoms with Crippen molar-refractivity contribution in [3.05, 3.63) is 71.4 Å². The lowest BCUT2D eigenvalue weighted by molar-refractivity contribution is -0.164. The average Bonchev–Trinajstić information content (AvgIpc) is 3.22. The highest BCUT2D eigenvalue weighted by molar-refractivity contribution is 5.80. The summed E-state index contributed by atoms with van der Waals surface area (Å²) in [6, 6.07) is 17.7. The smallest absolute Gasteiger partial charge is 0.303 e. The molecule has 2 aromatic carbocycles. The number of aryl methyl sites for hydroxylation is 1. The molecule has 0 aliphatic heterocycles. The molecule has 0 spiro atoms. The van der Waals surface area contributed by atoms with Crippen molar-refractivity contribution in [2.24, 2.45) is 0 Å². The van der Waals surface area contributed by atoms with Gasteiger partial charge in [-0.3, -0.25) is 9.59 Å². The van der Waals surface area contributed by atoms with E-state index in [0.717, 1.165) is 28.1 Å². The first-order valence-corrected chi connectivity index (χ1v) is 10.5. The van der Waals surface area contributed by atoms with Crippen LogP contribution in [0.3, 0.4) is 0 Å². The second-order valence-corrected chi connectivity index (χ2v) is 8.14. The molecule has 1 aliphatic rings. The van der Waals surface area contributed by atoms with Crippen molar-refractivity contribution in [1.82, 2.24) is 9.78 Å². The van der Waals surface area contributed by atoms with Crippen LogP contribution < -0.4 is 0 Å². The van der Waals surface area contributed by atoms with E-state index in [2.05, 4.69) is 0 Å². The lowest BCUT2D eigenvalue weighted by atomic mass is 9.81. The molecular formula is C25H26N2O4. The number of esters is 1. The number of aromatic nitrogens is 2. The quantitative estimate of drug-likeness (QED) is 0.627. The molecule has 0 bridgehead atoms. The van der Waals surface area contributed by atoms with E-state index in [-0.39, 0.29) is 18.4 Å². The molecule has 0 radical (unpaired) electrons. The Morgan fingerprint density at radius 3 is 2.32 bits per heavy atom. The van der Waals surface area contributed by atoms with Gasteiger partial charge in [-0.2, -0.15) is 5.10 Å². The van der Waals surface area contributed by atoms with Gasteiger partial charge in [0.05, 0.1) is 18.0 Å². The van der Waals surface area contributed by atoms with Gasteiger partial charge in [-0.1, -0.05) is 42.0 Å². The molecule has 0 amide bonds. The summed E-state index contributed by atoms with van der Waals surface area (Å²) in [5.41, 5.74) is 4.41. The molecule has 1 saturated carbocycles. The maximum Gasteiger partial charge on any atom is 0.303 e. The third kappa shape index (κ3) is 4.30. The van der Waals surface area contributed by atoms with Crippen molar-refractivity contribution in [3.63, 3.8) is 0 Å². The van der Waals surface area contributed by atoms with Gasteiger partial charge >= 0.3 is 5.97 Å². The molecule has 1 aromatic heterocycles. The van der Waals surface area contributed by atoms with Crippen molar-refractivity contribution >= 4 is 11.8 Å². The van der Waals surface area contributed by atoms with Crippen LogP contribution in [0.4, 0.5) is 0 Å². The molecule has 3 aromatic rings. The van der Waals surface area contributed by atoms with Crippen molar-refractivity contribution in [1.29, 1.82) is 0 Å². The zero-order chi connectivity index (χ0) is 22.0. The van der Waals surface area contributed by atoms with E-state index >= 15 is 0 Å². The number of aliphatic hydroxyl groups excluding tert-OH is 1. The Labute approximate surface area is 181 Å². The summed E-state index contributed by atoms with van der Waals surface area (Å²) in [6.45, 7) is 3.40. The predicted octanol–water partition coefficient (Wildman–Crippen LogP) is 4.24. The molecule has 0 atom stereocenters. The molecule has 0 unspecified atom stereocenters. The summed E-state index contributed by atoms with van der Waals surface area (Å²) in [4.78, 5) is 23.8. The number of rotatable bonds is 5. The topological polar surface area (TPSA) is 81.4 Å². The zero-order valence-electron chi connectivity index (χ0n) is 17.8. The van der Waals surface area contributed by atoms with Crippen LogP contribution in [-0.2, 0) is 26.5 Å². The number of hydrogen-bond acceptors (Lipinski definition) is 5. The number of carbonyl (C=O) groups excluding carboxylic acids is 2. The van der Waals surface area contributed by atoms with Crippen LogP contribution >= 0.6 is 0 Å². The molecule has 1 aliphatic carbocycles. The van der Waals surface area contributed by atoms with E-state index in [1.807, 2.05) is 66.2 Å². The Morgan fingerprint density at radius 2 is 1.74 bits per heavy atom. The standard InChI is InChI=1S/C25H26N2O4/c1-17-3-7-20(8-4-17)23-15-24(25(31-18(2)29)13-11-22(30)12-14-25)26-27(23)21-9-5-19(16-28)6-10-21/h3-10,15,28H,11-14,16H2,1-2H3. The van der Waals surface area contributed by atoms with Crippen LogP contribution in [0.1, 0.15) is 49.4 Å². The summed E-state index contributed by atoms with van der Waals surface area (Å²) in [7, 11) is 0. The molecule has 6 nitrogen and oxygen atoms in total. The minimum atomic E-state index is -0.907. The maximum absolute atomic E-state index is 11.9. The average molecular weight is 418 g/mol. The van der Waals surface area contributed by atoms with Crippen molar-refractivity contribution < 1.29 is 19.4 Å². The van der Waals surface area contributed by atoms with Gasteiger partial charge < -0.3 is 9.84 Å². The molecule has 6 heteroatoms. The summed E-state index contributed by atoms with van der Waals surface area (Å²) < 4.78 is 7.64. The zero-order valence-corrected chi connectivity index (χ0v) is 17.8. The minimum Gasteiger partial charge on any atom is -0.453 e. The monoisotopic (exact) mass is 418 g/mol. The Hall–Kier alpha value is -3.25. The highest BCUT2D eigenvalue weighted by Crippen LogP contribution is 2.41. The fraction of sp³-hybridized carbons (Fsp3) is 0.320. The van der Waals surface area contributed by atoms with Crippen LogP contribution in [0.25, 0.3) is 16.9 Å². The van der Waals surface area contributed by atoms with Crippen LogP contribution in [0.5, 0.6) is 0 Å². The van der Waals surface area contributed by atoms with Crippen LogP contribution in [0.2, 0.25) is 0 Å². The van der Waals surface area contributed by atoms with Gasteiger partial charge in [0.25, 0.3) is 0 Å². The second kappa shape index (κ2) is 8.47. The van der Waals surface area contributed by atoms with E-state index in [0.29, 0.717) is 31.4 Å². The fourth-order valence-corrected chi connectivity index (χ4v) is 4.09. The number of Topliss-reactive ketones (excluding diaryl/α,β-unsaturated/α-hetero) is 1. The molecule has 0 saturated heterocycles. The van der Waals surface area contributed by atoms with E-state index in [1.165, 1.54) is 6.92 Å². The number of nitrogens with zero attached hydrogens (tertiary/aromatic N) is 2. The van der Waals surface area contributed by atoms with Gasteiger partial charge in [0.1, 0.15) is 11.5 Å². The number of benzene rings is 2. The first kappa shape index (κ1) is 21.0. The van der Waals surface area contributed by atoms with Crippen molar-refractivity contribution in [3.8, 4) is 16.9 Å². The SMILES string of the molecule is CC(=O)OC1(c2cc(-c3ccc(C)cc3)n(-c3ccc(CO)cc3)n2)CCC(=O)CC1. The largest absolute Gasteiger partial charge is 0.453 e. The highest BCUT2D eigenvalue weighted by atomic mass is 16.6. The summed E-state index contributed by atoms with van der Waals surface area (Å²) in [5, 5.41) is 14.2. The third-order valence-corrected chi connectivity index (χ3v) is 5.84. The molecule has 1 heterocycles. The predicted molar refractivity (Wildman–Crippen MR) is 117 cm³/mol. The van der Waals surface area contributed by atoms with Crippen molar-refractivity contribution in [2.45, 2.75) is 51.7 Å². The molecule has 31 heavy (non-hydrogen) atoms. The lowest BCUT2D eigenvalue weighted by Gasteiger charge is -2.34. The van der Waals surface area contributed by atoms with Crippen LogP contribution in [-0.4, -0.2) is 26.6 Å². The minimum absolute atomic E-state index is 0.0287.